The van der Waals surface area contributed by atoms with Crippen molar-refractivity contribution in [2.45, 2.75) is 34.6 Å². The van der Waals surface area contributed by atoms with E-state index in [0.717, 1.165) is 4.63 Å². The molecule has 0 aliphatic heterocycles. The molecule has 0 fully saturated rings. The average molecular weight is 469 g/mol. The molecule has 4 heteroatoms. The van der Waals surface area contributed by atoms with Crippen LogP contribution in [-0.4, -0.2) is 4.63 Å². The van der Waals surface area contributed by atoms with E-state index in [2.05, 4.69) is 83.1 Å². The summed E-state index contributed by atoms with van der Waals surface area (Å²) in [6.07, 6.45) is 10.0. The first kappa shape index (κ1) is 25.4. The van der Waals surface area contributed by atoms with Crippen molar-refractivity contribution in [1.29, 1.82) is 0 Å². The molecule has 151 valence electrons. The summed E-state index contributed by atoms with van der Waals surface area (Å²) in [5.74, 6) is 0. The van der Waals surface area contributed by atoms with Gasteiger partial charge in [0.1, 0.15) is 0 Å². The fourth-order valence-corrected chi connectivity index (χ4v) is 8.08. The number of hydrogen-bond donors (Lipinski definition) is 0. The summed E-state index contributed by atoms with van der Waals surface area (Å²) in [7, 11) is 0.826. The summed E-state index contributed by atoms with van der Waals surface area (Å²) in [5, 5.41) is 2.82. The van der Waals surface area contributed by atoms with Crippen LogP contribution in [0.5, 0.6) is 0 Å². The van der Waals surface area contributed by atoms with Crippen LogP contribution in [0.2, 0.25) is 0 Å². The van der Waals surface area contributed by atoms with E-state index in [4.69, 9.17) is 12.6 Å². The van der Waals surface area contributed by atoms with E-state index >= 15 is 0 Å². The Morgan fingerprint density at radius 1 is 0.821 bits per heavy atom. The van der Waals surface area contributed by atoms with Crippen LogP contribution in [0.25, 0.3) is 0 Å². The van der Waals surface area contributed by atoms with Gasteiger partial charge in [0.15, 0.2) is 0 Å². The van der Waals surface area contributed by atoms with Crippen LogP contribution in [0.1, 0.15) is 31.9 Å². The van der Waals surface area contributed by atoms with Crippen LogP contribution in [0, 0.1) is 25.7 Å². The fraction of sp³-hybridized carbons (Fsp3) is 0.250. The Balaban J connectivity index is 0.000000567. The molecule has 1 radical (unpaired) electrons. The molecule has 0 heterocycles. The summed E-state index contributed by atoms with van der Waals surface area (Å²) in [6.45, 7) is 10.9. The second-order valence-electron chi connectivity index (χ2n) is 7.61. The second kappa shape index (κ2) is 12.1. The summed E-state index contributed by atoms with van der Waals surface area (Å²) < 4.78 is 1.14. The first-order valence-corrected chi connectivity index (χ1v) is 12.5. The Labute approximate surface area is 189 Å². The van der Waals surface area contributed by atoms with Crippen molar-refractivity contribution in [3.05, 3.63) is 90.4 Å². The summed E-state index contributed by atoms with van der Waals surface area (Å²) in [4.78, 5) is 0. The average Bonchev–Trinajstić information content (AvgIpc) is 3.18. The molecule has 0 aromatic heterocycles. The van der Waals surface area contributed by atoms with E-state index < -0.39 is 7.61 Å². The molecule has 0 saturated heterocycles. The predicted octanol–water partition coefficient (Wildman–Crippen LogP) is 6.63. The molecule has 0 atom stereocenters. The SMILES string of the molecule is Cc1cccc(P(P=C([S-])C(C)(C)C)c2cccc(C)c2)c1.[CH]1C=CC=C1.[Ni]. The summed E-state index contributed by atoms with van der Waals surface area (Å²) in [6, 6.07) is 17.8. The number of benzene rings is 2. The third-order valence-electron chi connectivity index (χ3n) is 3.88. The van der Waals surface area contributed by atoms with Gasteiger partial charge in [-0.05, 0) is 29.9 Å². The Kier molecular flexibility index (Phi) is 11.0. The predicted molar refractivity (Wildman–Crippen MR) is 130 cm³/mol. The Hall–Kier alpha value is -0.636. The van der Waals surface area contributed by atoms with Crippen molar-refractivity contribution < 1.29 is 16.5 Å². The van der Waals surface area contributed by atoms with Gasteiger partial charge in [0, 0.05) is 30.5 Å². The fourth-order valence-electron chi connectivity index (χ4n) is 2.35. The molecule has 1 aliphatic rings. The van der Waals surface area contributed by atoms with E-state index in [1.54, 1.807) is 0 Å². The molecular weight excluding hydrogens is 441 g/mol. The van der Waals surface area contributed by atoms with Crippen molar-refractivity contribution in [2.75, 3.05) is 0 Å². The number of allylic oxidation sites excluding steroid dienone is 4. The molecule has 0 bridgehead atoms. The zero-order valence-corrected chi connectivity index (χ0v) is 20.7. The van der Waals surface area contributed by atoms with Gasteiger partial charge < -0.3 is 12.6 Å². The van der Waals surface area contributed by atoms with Crippen molar-refractivity contribution in [2.24, 2.45) is 5.41 Å². The molecule has 2 aromatic rings. The standard InChI is InChI=1S/C19H24P2S.C5H5.Ni/c1-14-8-6-10-16(12-14)21(20-18(22)19(3,4)5)17-11-7-9-15(2)13-17;1-2-4-5-3-1;/h6-13,22H,1-5H3;1-5H;/p-1. The minimum atomic E-state index is -0.456. The van der Waals surface area contributed by atoms with E-state index in [1.807, 2.05) is 30.7 Å². The van der Waals surface area contributed by atoms with E-state index in [9.17, 15) is 0 Å². The molecule has 0 spiro atoms. The monoisotopic (exact) mass is 468 g/mol. The van der Waals surface area contributed by atoms with Crippen molar-refractivity contribution >= 4 is 43.4 Å². The van der Waals surface area contributed by atoms with E-state index in [-0.39, 0.29) is 21.9 Å². The number of rotatable bonds is 3. The molecule has 2 aromatic carbocycles. The Morgan fingerprint density at radius 2 is 1.29 bits per heavy atom. The van der Waals surface area contributed by atoms with Crippen LogP contribution < -0.4 is 10.6 Å². The zero-order chi connectivity index (χ0) is 19.9. The second-order valence-corrected chi connectivity index (χ2v) is 12.4. The minimum Gasteiger partial charge on any atom is -0.756 e. The molecule has 0 amide bonds. The molecule has 28 heavy (non-hydrogen) atoms. The zero-order valence-electron chi connectivity index (χ0n) is 17.1. The van der Waals surface area contributed by atoms with Crippen molar-refractivity contribution in [3.63, 3.8) is 0 Å². The summed E-state index contributed by atoms with van der Waals surface area (Å²) in [5.41, 5.74) is 2.70. The topological polar surface area (TPSA) is 0 Å². The largest absolute Gasteiger partial charge is 0.756 e. The normalized spacial score (nSPS) is 13.2. The van der Waals surface area contributed by atoms with Gasteiger partial charge in [-0.1, -0.05) is 113 Å². The van der Waals surface area contributed by atoms with Crippen molar-refractivity contribution in [3.8, 4) is 0 Å². The van der Waals surface area contributed by atoms with Crippen LogP contribution in [0.4, 0.5) is 0 Å². The first-order chi connectivity index (χ1) is 12.8. The van der Waals surface area contributed by atoms with Gasteiger partial charge >= 0.3 is 0 Å². The molecular formula is C24H28NiP2S-. The molecule has 0 nitrogen and oxygen atoms in total. The molecule has 0 N–H and O–H groups in total. The molecule has 1 aliphatic carbocycles. The molecule has 0 saturated carbocycles. The molecule has 0 unspecified atom stereocenters. The van der Waals surface area contributed by atoms with Crippen LogP contribution in [-0.2, 0) is 29.1 Å². The minimum absolute atomic E-state index is 0. The van der Waals surface area contributed by atoms with Crippen LogP contribution in [0.15, 0.2) is 72.8 Å². The van der Waals surface area contributed by atoms with Gasteiger partial charge in [0.2, 0.25) is 0 Å². The summed E-state index contributed by atoms with van der Waals surface area (Å²) >= 11 is 5.74. The van der Waals surface area contributed by atoms with E-state index in [1.165, 1.54) is 29.6 Å². The third kappa shape index (κ3) is 8.39. The molecule has 3 rings (SSSR count). The Morgan fingerprint density at radius 3 is 1.61 bits per heavy atom. The van der Waals surface area contributed by atoms with Gasteiger partial charge in [-0.3, -0.25) is 0 Å². The van der Waals surface area contributed by atoms with E-state index in [0.29, 0.717) is 0 Å². The van der Waals surface area contributed by atoms with Crippen molar-refractivity contribution in [1.82, 2.24) is 0 Å². The van der Waals surface area contributed by atoms with Crippen LogP contribution in [0.3, 0.4) is 0 Å². The van der Waals surface area contributed by atoms with Crippen LogP contribution >= 0.6 is 15.5 Å². The smallest absolute Gasteiger partial charge is 0.00695 e. The maximum absolute atomic E-state index is 5.74. The Bertz CT molecular complexity index is 792. The van der Waals surface area contributed by atoms with Gasteiger partial charge in [0.25, 0.3) is 0 Å². The first-order valence-electron chi connectivity index (χ1n) is 9.13. The maximum atomic E-state index is 5.74. The number of hydrogen-bond acceptors (Lipinski definition) is 1. The third-order valence-corrected chi connectivity index (χ3v) is 10.3. The number of aryl methyl sites for hydroxylation is 2. The van der Waals surface area contributed by atoms with Gasteiger partial charge in [-0.25, -0.2) is 0 Å². The van der Waals surface area contributed by atoms with Gasteiger partial charge in [-0.2, -0.15) is 4.63 Å². The van der Waals surface area contributed by atoms with Gasteiger partial charge in [0.05, 0.1) is 0 Å². The maximum Gasteiger partial charge on any atom is 0.00695 e. The quantitative estimate of drug-likeness (QED) is 0.276. The van der Waals surface area contributed by atoms with Gasteiger partial charge in [-0.15, -0.1) is 0 Å².